The van der Waals surface area contributed by atoms with Crippen molar-refractivity contribution in [2.45, 2.75) is 31.9 Å². The summed E-state index contributed by atoms with van der Waals surface area (Å²) in [4.78, 5) is 13.6. The Morgan fingerprint density at radius 3 is 2.68 bits per heavy atom. The molecule has 0 amide bonds. The number of anilines is 1. The Kier molecular flexibility index (Phi) is 4.90. The lowest BCUT2D eigenvalue weighted by atomic mass is 10.0. The van der Waals surface area contributed by atoms with E-state index < -0.39 is 0 Å². The van der Waals surface area contributed by atoms with Crippen LogP contribution in [0.15, 0.2) is 6.07 Å². The summed E-state index contributed by atoms with van der Waals surface area (Å²) in [6.45, 7) is 6.38. The number of aryl methyl sites for hydroxylation is 1. The maximum Gasteiger partial charge on any atom is 0.132 e. The van der Waals surface area contributed by atoms with E-state index in [1.807, 2.05) is 32.0 Å². The molecule has 0 radical (unpaired) electrons. The Hall–Kier alpha value is -1.24. The first-order valence-electron chi connectivity index (χ1n) is 8.10. The van der Waals surface area contributed by atoms with E-state index in [-0.39, 0.29) is 6.10 Å². The van der Waals surface area contributed by atoms with E-state index >= 15 is 0 Å². The summed E-state index contributed by atoms with van der Waals surface area (Å²) in [5.74, 6) is 1.74. The maximum absolute atomic E-state index is 5.99. The lowest BCUT2D eigenvalue weighted by Gasteiger charge is -2.39. The molecule has 6 heteroatoms. The Bertz CT molecular complexity index is 503. The molecule has 0 aliphatic carbocycles. The second-order valence-corrected chi connectivity index (χ2v) is 6.29. The molecule has 1 unspecified atom stereocenters. The Morgan fingerprint density at radius 2 is 1.95 bits per heavy atom. The predicted octanol–water partition coefficient (Wildman–Crippen LogP) is 1.40. The van der Waals surface area contributed by atoms with E-state index in [2.05, 4.69) is 14.9 Å². The van der Waals surface area contributed by atoms with E-state index in [4.69, 9.17) is 9.47 Å². The van der Waals surface area contributed by atoms with Crippen LogP contribution >= 0.6 is 0 Å². The first-order valence-corrected chi connectivity index (χ1v) is 8.10. The van der Waals surface area contributed by atoms with Crippen LogP contribution in [0.3, 0.4) is 0 Å². The molecule has 1 aromatic heterocycles. The fourth-order valence-electron chi connectivity index (χ4n) is 3.20. The van der Waals surface area contributed by atoms with Gasteiger partial charge in [-0.1, -0.05) is 0 Å². The zero-order valence-corrected chi connectivity index (χ0v) is 13.8. The van der Waals surface area contributed by atoms with Crippen molar-refractivity contribution in [1.82, 2.24) is 14.9 Å². The highest BCUT2D eigenvalue weighted by molar-refractivity contribution is 5.38. The number of aromatic nitrogens is 2. The van der Waals surface area contributed by atoms with E-state index in [0.29, 0.717) is 6.04 Å². The maximum atomic E-state index is 5.99. The van der Waals surface area contributed by atoms with E-state index in [9.17, 15) is 0 Å². The summed E-state index contributed by atoms with van der Waals surface area (Å²) in [6.07, 6.45) is 2.29. The third-order valence-electron chi connectivity index (χ3n) is 4.44. The summed E-state index contributed by atoms with van der Waals surface area (Å²) >= 11 is 0. The van der Waals surface area contributed by atoms with Crippen LogP contribution in [0.2, 0.25) is 0 Å². The van der Waals surface area contributed by atoms with Crippen molar-refractivity contribution in [3.8, 4) is 0 Å². The summed E-state index contributed by atoms with van der Waals surface area (Å²) in [7, 11) is 4.00. The van der Waals surface area contributed by atoms with Crippen LogP contribution in [0.1, 0.15) is 30.5 Å². The SMILES string of the molecule is Cc1nc(C2CN(C3CCOCC3)CCO2)cc(N(C)C)n1. The second kappa shape index (κ2) is 6.89. The van der Waals surface area contributed by atoms with Gasteiger partial charge in [0, 0.05) is 52.5 Å². The summed E-state index contributed by atoms with van der Waals surface area (Å²) < 4.78 is 11.5. The normalized spacial score (nSPS) is 24.4. The lowest BCUT2D eigenvalue weighted by Crippen LogP contribution is -2.47. The molecule has 0 N–H and O–H groups in total. The average molecular weight is 306 g/mol. The van der Waals surface area contributed by atoms with Gasteiger partial charge in [0.05, 0.1) is 12.3 Å². The first-order chi connectivity index (χ1) is 10.6. The Balaban J connectivity index is 1.73. The minimum Gasteiger partial charge on any atom is -0.381 e. The number of nitrogens with zero attached hydrogens (tertiary/aromatic N) is 4. The van der Waals surface area contributed by atoms with Crippen LogP contribution in [-0.4, -0.2) is 67.9 Å². The molecule has 0 spiro atoms. The summed E-state index contributed by atoms with van der Waals surface area (Å²) in [6, 6.07) is 2.67. The predicted molar refractivity (Wildman–Crippen MR) is 85.2 cm³/mol. The van der Waals surface area contributed by atoms with Crippen molar-refractivity contribution in [3.05, 3.63) is 17.6 Å². The Labute approximate surface area is 132 Å². The van der Waals surface area contributed by atoms with Crippen molar-refractivity contribution >= 4 is 5.82 Å². The summed E-state index contributed by atoms with van der Waals surface area (Å²) in [5, 5.41) is 0. The van der Waals surface area contributed by atoms with Crippen LogP contribution in [0.25, 0.3) is 0 Å². The van der Waals surface area contributed by atoms with Crippen molar-refractivity contribution in [2.24, 2.45) is 0 Å². The monoisotopic (exact) mass is 306 g/mol. The molecule has 0 aromatic carbocycles. The highest BCUT2D eigenvalue weighted by Crippen LogP contribution is 2.26. The quantitative estimate of drug-likeness (QED) is 0.841. The molecule has 2 fully saturated rings. The van der Waals surface area contributed by atoms with Crippen molar-refractivity contribution in [3.63, 3.8) is 0 Å². The number of ether oxygens (including phenoxy) is 2. The van der Waals surface area contributed by atoms with Gasteiger partial charge in [-0.3, -0.25) is 4.90 Å². The van der Waals surface area contributed by atoms with Crippen molar-refractivity contribution in [1.29, 1.82) is 0 Å². The second-order valence-electron chi connectivity index (χ2n) is 6.29. The summed E-state index contributed by atoms with van der Waals surface area (Å²) in [5.41, 5.74) is 0.993. The standard InChI is InChI=1S/C16H26N4O2/c1-12-17-14(10-16(18-12)19(2)3)15-11-20(6-9-22-15)13-4-7-21-8-5-13/h10,13,15H,4-9,11H2,1-3H3. The highest BCUT2D eigenvalue weighted by Gasteiger charge is 2.29. The average Bonchev–Trinajstić information content (AvgIpc) is 2.55. The molecule has 1 aromatic rings. The smallest absolute Gasteiger partial charge is 0.132 e. The zero-order chi connectivity index (χ0) is 15.5. The topological polar surface area (TPSA) is 50.7 Å². The van der Waals surface area contributed by atoms with Gasteiger partial charge in [0.2, 0.25) is 0 Å². The van der Waals surface area contributed by atoms with Gasteiger partial charge in [-0.2, -0.15) is 0 Å². The number of hydrogen-bond acceptors (Lipinski definition) is 6. The molecule has 0 bridgehead atoms. The molecule has 2 aliphatic heterocycles. The molecule has 6 nitrogen and oxygen atoms in total. The number of morpholine rings is 1. The van der Waals surface area contributed by atoms with Crippen LogP contribution in [0, 0.1) is 6.92 Å². The molecule has 0 saturated carbocycles. The minimum atomic E-state index is 0.0389. The number of rotatable bonds is 3. The highest BCUT2D eigenvalue weighted by atomic mass is 16.5. The molecule has 3 heterocycles. The van der Waals surface area contributed by atoms with Gasteiger partial charge >= 0.3 is 0 Å². The fraction of sp³-hybridized carbons (Fsp3) is 0.750. The van der Waals surface area contributed by atoms with Crippen molar-refractivity contribution in [2.75, 3.05) is 51.9 Å². The third-order valence-corrected chi connectivity index (χ3v) is 4.44. The molecule has 2 saturated heterocycles. The van der Waals surface area contributed by atoms with Gasteiger partial charge in [0.1, 0.15) is 17.7 Å². The minimum absolute atomic E-state index is 0.0389. The molecule has 2 aliphatic rings. The van der Waals surface area contributed by atoms with E-state index in [1.165, 1.54) is 0 Å². The van der Waals surface area contributed by atoms with Gasteiger partial charge < -0.3 is 14.4 Å². The van der Waals surface area contributed by atoms with Crippen LogP contribution < -0.4 is 4.90 Å². The van der Waals surface area contributed by atoms with Gasteiger partial charge in [-0.15, -0.1) is 0 Å². The zero-order valence-electron chi connectivity index (χ0n) is 13.8. The van der Waals surface area contributed by atoms with Gasteiger partial charge in [-0.05, 0) is 19.8 Å². The molecule has 1 atom stereocenters. The molecule has 22 heavy (non-hydrogen) atoms. The van der Waals surface area contributed by atoms with Gasteiger partial charge in [0.25, 0.3) is 0 Å². The van der Waals surface area contributed by atoms with Gasteiger partial charge in [0.15, 0.2) is 0 Å². The lowest BCUT2D eigenvalue weighted by molar-refractivity contribution is -0.0647. The van der Waals surface area contributed by atoms with Crippen molar-refractivity contribution < 1.29 is 9.47 Å². The first kappa shape index (κ1) is 15.6. The van der Waals surface area contributed by atoms with E-state index in [0.717, 1.165) is 63.1 Å². The third kappa shape index (κ3) is 3.56. The number of hydrogen-bond donors (Lipinski definition) is 0. The Morgan fingerprint density at radius 1 is 1.18 bits per heavy atom. The molecular weight excluding hydrogens is 280 g/mol. The molecular formula is C16H26N4O2. The van der Waals surface area contributed by atoms with Crippen LogP contribution in [0.5, 0.6) is 0 Å². The fourth-order valence-corrected chi connectivity index (χ4v) is 3.20. The van der Waals surface area contributed by atoms with Crippen LogP contribution in [-0.2, 0) is 9.47 Å². The van der Waals surface area contributed by atoms with Gasteiger partial charge in [-0.25, -0.2) is 9.97 Å². The largest absolute Gasteiger partial charge is 0.381 e. The van der Waals surface area contributed by atoms with Crippen LogP contribution in [0.4, 0.5) is 5.82 Å². The molecule has 122 valence electrons. The molecule has 3 rings (SSSR count). The van der Waals surface area contributed by atoms with E-state index in [1.54, 1.807) is 0 Å².